The van der Waals surface area contributed by atoms with Crippen molar-refractivity contribution in [1.82, 2.24) is 10.1 Å². The van der Waals surface area contributed by atoms with E-state index in [0.717, 1.165) is 34.1 Å². The van der Waals surface area contributed by atoms with E-state index in [1.54, 1.807) is 11.9 Å². The SMILES string of the molecule is CCOc1ccc2c(c1)C=C(C(=O)N(C)Cc1c(C)noc1C)CO2. The maximum atomic E-state index is 12.8. The minimum Gasteiger partial charge on any atom is -0.494 e. The summed E-state index contributed by atoms with van der Waals surface area (Å²) in [4.78, 5) is 14.4. The molecule has 0 atom stereocenters. The first-order valence-electron chi connectivity index (χ1n) is 8.27. The summed E-state index contributed by atoms with van der Waals surface area (Å²) >= 11 is 0. The average Bonchev–Trinajstić information content (AvgIpc) is 2.92. The third-order valence-corrected chi connectivity index (χ3v) is 4.20. The van der Waals surface area contributed by atoms with Crippen LogP contribution in [0.15, 0.2) is 28.3 Å². The van der Waals surface area contributed by atoms with Crippen LogP contribution >= 0.6 is 0 Å². The van der Waals surface area contributed by atoms with Crippen LogP contribution in [-0.4, -0.2) is 36.2 Å². The van der Waals surface area contributed by atoms with Gasteiger partial charge < -0.3 is 18.9 Å². The molecule has 1 aromatic carbocycles. The van der Waals surface area contributed by atoms with Gasteiger partial charge in [0.2, 0.25) is 0 Å². The van der Waals surface area contributed by atoms with Crippen molar-refractivity contribution in [2.45, 2.75) is 27.3 Å². The fourth-order valence-electron chi connectivity index (χ4n) is 2.82. The molecule has 0 unspecified atom stereocenters. The molecule has 25 heavy (non-hydrogen) atoms. The van der Waals surface area contributed by atoms with Gasteiger partial charge in [-0.3, -0.25) is 4.79 Å². The Labute approximate surface area is 147 Å². The Bertz CT molecular complexity index is 803. The molecular formula is C19H22N2O4. The lowest BCUT2D eigenvalue weighted by Gasteiger charge is -2.22. The molecule has 0 radical (unpaired) electrons. The van der Waals surface area contributed by atoms with Gasteiger partial charge in [-0.1, -0.05) is 5.16 Å². The molecule has 132 valence electrons. The number of hydrogen-bond donors (Lipinski definition) is 0. The minimum atomic E-state index is -0.0764. The molecule has 0 N–H and O–H groups in total. The number of hydrogen-bond acceptors (Lipinski definition) is 5. The molecule has 0 spiro atoms. The summed E-state index contributed by atoms with van der Waals surface area (Å²) in [5.41, 5.74) is 3.20. The number of aryl methyl sites for hydroxylation is 2. The zero-order chi connectivity index (χ0) is 18.0. The van der Waals surface area contributed by atoms with Crippen molar-refractivity contribution in [3.8, 4) is 11.5 Å². The predicted molar refractivity (Wildman–Crippen MR) is 93.5 cm³/mol. The number of carbonyl (C=O) groups is 1. The number of carbonyl (C=O) groups excluding carboxylic acids is 1. The van der Waals surface area contributed by atoms with Gasteiger partial charge in [-0.05, 0) is 45.0 Å². The second-order valence-electron chi connectivity index (χ2n) is 6.05. The van der Waals surface area contributed by atoms with Crippen molar-refractivity contribution < 1.29 is 18.8 Å². The summed E-state index contributed by atoms with van der Waals surface area (Å²) in [6, 6.07) is 5.62. The van der Waals surface area contributed by atoms with Crippen molar-refractivity contribution in [2.24, 2.45) is 0 Å². The third kappa shape index (κ3) is 3.52. The van der Waals surface area contributed by atoms with Crippen LogP contribution in [0.4, 0.5) is 0 Å². The number of rotatable bonds is 5. The highest BCUT2D eigenvalue weighted by Gasteiger charge is 2.22. The van der Waals surface area contributed by atoms with Gasteiger partial charge in [-0.15, -0.1) is 0 Å². The van der Waals surface area contributed by atoms with Crippen LogP contribution in [0.1, 0.15) is 29.5 Å². The summed E-state index contributed by atoms with van der Waals surface area (Å²) in [6.07, 6.45) is 1.87. The zero-order valence-corrected chi connectivity index (χ0v) is 15.0. The van der Waals surface area contributed by atoms with Gasteiger partial charge in [0.15, 0.2) is 0 Å². The van der Waals surface area contributed by atoms with E-state index >= 15 is 0 Å². The summed E-state index contributed by atoms with van der Waals surface area (Å²) in [6.45, 7) is 6.95. The summed E-state index contributed by atoms with van der Waals surface area (Å²) in [5.74, 6) is 2.18. The van der Waals surface area contributed by atoms with E-state index in [1.165, 1.54) is 0 Å². The molecule has 0 saturated heterocycles. The number of fused-ring (bicyclic) bond motifs is 1. The fourth-order valence-corrected chi connectivity index (χ4v) is 2.82. The molecule has 2 aromatic rings. The van der Waals surface area contributed by atoms with Crippen molar-refractivity contribution in [1.29, 1.82) is 0 Å². The molecule has 6 nitrogen and oxygen atoms in total. The minimum absolute atomic E-state index is 0.0764. The number of benzene rings is 1. The van der Waals surface area contributed by atoms with E-state index in [-0.39, 0.29) is 12.5 Å². The molecule has 1 aliphatic heterocycles. The average molecular weight is 342 g/mol. The quantitative estimate of drug-likeness (QED) is 0.835. The maximum absolute atomic E-state index is 12.8. The monoisotopic (exact) mass is 342 g/mol. The standard InChI is InChI=1S/C19H22N2O4/c1-5-23-16-6-7-18-14(9-16)8-15(11-24-18)19(22)21(4)10-17-12(2)20-25-13(17)3/h6-9H,5,10-11H2,1-4H3. The Morgan fingerprint density at radius 2 is 2.16 bits per heavy atom. The van der Waals surface area contributed by atoms with Gasteiger partial charge in [0.25, 0.3) is 5.91 Å². The fraction of sp³-hybridized carbons (Fsp3) is 0.368. The summed E-state index contributed by atoms with van der Waals surface area (Å²) in [5, 5.41) is 3.93. The van der Waals surface area contributed by atoms with Gasteiger partial charge in [0.05, 0.1) is 24.4 Å². The highest BCUT2D eigenvalue weighted by atomic mass is 16.5. The van der Waals surface area contributed by atoms with E-state index in [2.05, 4.69) is 5.16 Å². The molecule has 0 saturated carbocycles. The first-order chi connectivity index (χ1) is 12.0. The molecule has 0 fully saturated rings. The molecule has 1 aromatic heterocycles. The molecule has 2 heterocycles. The van der Waals surface area contributed by atoms with Crippen LogP contribution in [0.25, 0.3) is 6.08 Å². The van der Waals surface area contributed by atoms with Gasteiger partial charge in [0.1, 0.15) is 23.9 Å². The lowest BCUT2D eigenvalue weighted by molar-refractivity contribution is -0.126. The smallest absolute Gasteiger partial charge is 0.253 e. The van der Waals surface area contributed by atoms with Crippen molar-refractivity contribution in [2.75, 3.05) is 20.3 Å². The zero-order valence-electron chi connectivity index (χ0n) is 15.0. The van der Waals surface area contributed by atoms with Crippen molar-refractivity contribution in [3.63, 3.8) is 0 Å². The van der Waals surface area contributed by atoms with Gasteiger partial charge >= 0.3 is 0 Å². The number of nitrogens with zero attached hydrogens (tertiary/aromatic N) is 2. The second-order valence-corrected chi connectivity index (χ2v) is 6.05. The first-order valence-corrected chi connectivity index (χ1v) is 8.27. The van der Waals surface area contributed by atoms with Gasteiger partial charge in [-0.2, -0.15) is 0 Å². The Kier molecular flexibility index (Phi) is 4.79. The van der Waals surface area contributed by atoms with Crippen LogP contribution in [-0.2, 0) is 11.3 Å². The third-order valence-electron chi connectivity index (χ3n) is 4.20. The Morgan fingerprint density at radius 3 is 2.84 bits per heavy atom. The number of amides is 1. The highest BCUT2D eigenvalue weighted by Crippen LogP contribution is 2.30. The number of ether oxygens (including phenoxy) is 2. The van der Waals surface area contributed by atoms with E-state index in [4.69, 9.17) is 14.0 Å². The van der Waals surface area contributed by atoms with E-state index < -0.39 is 0 Å². The Morgan fingerprint density at radius 1 is 1.36 bits per heavy atom. The van der Waals surface area contributed by atoms with Crippen LogP contribution in [0.5, 0.6) is 11.5 Å². The Balaban J connectivity index is 1.79. The second kappa shape index (κ2) is 7.01. The summed E-state index contributed by atoms with van der Waals surface area (Å²) in [7, 11) is 1.77. The van der Waals surface area contributed by atoms with Crippen molar-refractivity contribution in [3.05, 3.63) is 46.4 Å². The molecule has 1 amide bonds. The lowest BCUT2D eigenvalue weighted by Crippen LogP contribution is -2.30. The normalized spacial score (nSPS) is 12.9. The predicted octanol–water partition coefficient (Wildman–Crippen LogP) is 3.12. The van der Waals surface area contributed by atoms with Crippen LogP contribution < -0.4 is 9.47 Å². The Hall–Kier alpha value is -2.76. The molecule has 6 heteroatoms. The van der Waals surface area contributed by atoms with E-state index in [0.29, 0.717) is 18.7 Å². The molecule has 1 aliphatic rings. The van der Waals surface area contributed by atoms with Crippen LogP contribution in [0.2, 0.25) is 0 Å². The van der Waals surface area contributed by atoms with Gasteiger partial charge in [-0.25, -0.2) is 0 Å². The molecule has 0 bridgehead atoms. The largest absolute Gasteiger partial charge is 0.494 e. The van der Waals surface area contributed by atoms with E-state index in [9.17, 15) is 4.79 Å². The number of likely N-dealkylation sites (N-methyl/N-ethyl adjacent to an activating group) is 1. The molecule has 0 aliphatic carbocycles. The van der Waals surface area contributed by atoms with E-state index in [1.807, 2.05) is 45.0 Å². The van der Waals surface area contributed by atoms with Gasteiger partial charge in [0, 0.05) is 18.2 Å². The molecular weight excluding hydrogens is 320 g/mol. The maximum Gasteiger partial charge on any atom is 0.253 e. The van der Waals surface area contributed by atoms with Crippen LogP contribution in [0.3, 0.4) is 0 Å². The topological polar surface area (TPSA) is 64.8 Å². The lowest BCUT2D eigenvalue weighted by atomic mass is 10.1. The summed E-state index contributed by atoms with van der Waals surface area (Å²) < 4.78 is 16.4. The molecule has 3 rings (SSSR count). The van der Waals surface area contributed by atoms with Crippen LogP contribution in [0, 0.1) is 13.8 Å². The van der Waals surface area contributed by atoms with Crippen molar-refractivity contribution >= 4 is 12.0 Å². The highest BCUT2D eigenvalue weighted by molar-refractivity contribution is 5.99. The first kappa shape index (κ1) is 17.1. The number of aromatic nitrogens is 1.